The second kappa shape index (κ2) is 6.28. The Kier molecular flexibility index (Phi) is 4.64. The lowest BCUT2D eigenvalue weighted by Gasteiger charge is -2.33. The first-order chi connectivity index (χ1) is 9.92. The molecule has 1 atom stereocenters. The van der Waals surface area contributed by atoms with Crippen LogP contribution in [-0.2, 0) is 16.1 Å². The highest BCUT2D eigenvalue weighted by molar-refractivity contribution is 7.80. The molecule has 1 heterocycles. The van der Waals surface area contributed by atoms with Crippen molar-refractivity contribution in [2.24, 2.45) is 5.73 Å². The highest BCUT2D eigenvalue weighted by atomic mass is 32.1. The summed E-state index contributed by atoms with van der Waals surface area (Å²) in [6.45, 7) is 2.36. The molecule has 2 rings (SSSR count). The molecular weight excluding hydrogens is 293 g/mol. The van der Waals surface area contributed by atoms with Gasteiger partial charge in [-0.1, -0.05) is 25.2 Å². The van der Waals surface area contributed by atoms with E-state index < -0.39 is 5.82 Å². The lowest BCUT2D eigenvalue weighted by Crippen LogP contribution is -2.57. The molecule has 2 amide bonds. The first-order valence-corrected chi connectivity index (χ1v) is 6.99. The van der Waals surface area contributed by atoms with Gasteiger partial charge in [0.05, 0.1) is 12.6 Å². The highest BCUT2D eigenvalue weighted by Gasteiger charge is 2.32. The Labute approximate surface area is 127 Å². The van der Waals surface area contributed by atoms with Gasteiger partial charge in [0.15, 0.2) is 0 Å². The Morgan fingerprint density at radius 1 is 1.52 bits per heavy atom. The summed E-state index contributed by atoms with van der Waals surface area (Å²) in [6.07, 6.45) is 0.586. The van der Waals surface area contributed by atoms with Gasteiger partial charge in [0.2, 0.25) is 11.8 Å². The average molecular weight is 309 g/mol. The van der Waals surface area contributed by atoms with E-state index in [4.69, 9.17) is 18.0 Å². The van der Waals surface area contributed by atoms with Gasteiger partial charge in [-0.15, -0.1) is 0 Å². The smallest absolute Gasteiger partial charge is 0.243 e. The Hall–Kier alpha value is -1.86. The van der Waals surface area contributed by atoms with Gasteiger partial charge in [0.25, 0.3) is 0 Å². The van der Waals surface area contributed by atoms with Crippen LogP contribution in [0.4, 0.5) is 4.39 Å². The zero-order valence-corrected chi connectivity index (χ0v) is 12.4. The predicted molar refractivity (Wildman–Crippen MR) is 79.9 cm³/mol. The first kappa shape index (κ1) is 15.5. The fraction of sp³-hybridized carbons (Fsp3) is 0.357. The van der Waals surface area contributed by atoms with Gasteiger partial charge in [-0.2, -0.15) is 0 Å². The summed E-state index contributed by atoms with van der Waals surface area (Å²) in [5, 5.41) is 2.31. The highest BCUT2D eigenvalue weighted by Crippen LogP contribution is 2.17. The minimum Gasteiger partial charge on any atom is -0.389 e. The van der Waals surface area contributed by atoms with Crippen LogP contribution in [0.15, 0.2) is 18.2 Å². The molecule has 112 valence electrons. The number of imide groups is 1. The number of nitrogens with one attached hydrogen (secondary N) is 1. The number of nitrogens with zero attached hydrogens (tertiary/aromatic N) is 1. The van der Waals surface area contributed by atoms with Crippen molar-refractivity contribution in [2.45, 2.75) is 25.9 Å². The van der Waals surface area contributed by atoms with Crippen molar-refractivity contribution in [1.82, 2.24) is 10.2 Å². The third-order valence-electron chi connectivity index (χ3n) is 3.42. The third-order valence-corrected chi connectivity index (χ3v) is 3.64. The number of carbonyl (C=O) groups is 2. The van der Waals surface area contributed by atoms with Gasteiger partial charge in [-0.3, -0.25) is 19.8 Å². The summed E-state index contributed by atoms with van der Waals surface area (Å²) in [6, 6.07) is 4.07. The quantitative estimate of drug-likeness (QED) is 0.632. The normalized spacial score (nSPS) is 19.4. The SMILES string of the molecule is CCC1C(=O)NC(=O)CN1Cc1ccc(F)c(C(N)=S)c1. The van der Waals surface area contributed by atoms with Crippen molar-refractivity contribution in [3.63, 3.8) is 0 Å². The van der Waals surface area contributed by atoms with E-state index in [1.165, 1.54) is 6.07 Å². The van der Waals surface area contributed by atoms with Crippen molar-refractivity contribution in [2.75, 3.05) is 6.54 Å². The molecule has 0 spiro atoms. The van der Waals surface area contributed by atoms with E-state index in [1.54, 1.807) is 17.0 Å². The van der Waals surface area contributed by atoms with E-state index in [1.807, 2.05) is 6.92 Å². The molecule has 5 nitrogen and oxygen atoms in total. The molecule has 21 heavy (non-hydrogen) atoms. The van der Waals surface area contributed by atoms with E-state index >= 15 is 0 Å². The van der Waals surface area contributed by atoms with Crippen LogP contribution in [0, 0.1) is 5.82 Å². The minimum atomic E-state index is -0.481. The number of rotatable bonds is 4. The van der Waals surface area contributed by atoms with E-state index in [0.717, 1.165) is 5.56 Å². The molecule has 1 aromatic rings. The van der Waals surface area contributed by atoms with E-state index in [2.05, 4.69) is 5.32 Å². The molecule has 1 unspecified atom stereocenters. The fourth-order valence-corrected chi connectivity index (χ4v) is 2.58. The predicted octanol–water partition coefficient (Wildman–Crippen LogP) is 0.697. The topological polar surface area (TPSA) is 75.4 Å². The van der Waals surface area contributed by atoms with Crippen molar-refractivity contribution in [1.29, 1.82) is 0 Å². The molecule has 1 aliphatic rings. The molecule has 1 aromatic carbocycles. The van der Waals surface area contributed by atoms with E-state index in [9.17, 15) is 14.0 Å². The summed E-state index contributed by atoms with van der Waals surface area (Å²) in [5.74, 6) is -1.11. The van der Waals surface area contributed by atoms with Crippen molar-refractivity contribution in [3.05, 3.63) is 35.1 Å². The van der Waals surface area contributed by atoms with Crippen LogP contribution in [0.1, 0.15) is 24.5 Å². The van der Waals surface area contributed by atoms with Gasteiger partial charge in [-0.05, 0) is 24.1 Å². The maximum absolute atomic E-state index is 13.6. The van der Waals surface area contributed by atoms with E-state index in [-0.39, 0.29) is 35.0 Å². The van der Waals surface area contributed by atoms with Crippen LogP contribution < -0.4 is 11.1 Å². The van der Waals surface area contributed by atoms with Crippen LogP contribution >= 0.6 is 12.2 Å². The number of piperazine rings is 1. The zero-order valence-electron chi connectivity index (χ0n) is 11.6. The molecule has 7 heteroatoms. The molecule has 3 N–H and O–H groups in total. The first-order valence-electron chi connectivity index (χ1n) is 6.58. The van der Waals surface area contributed by atoms with Crippen LogP contribution in [-0.4, -0.2) is 34.3 Å². The third kappa shape index (κ3) is 3.43. The Morgan fingerprint density at radius 3 is 2.86 bits per heavy atom. The summed E-state index contributed by atoms with van der Waals surface area (Å²) in [7, 11) is 0. The van der Waals surface area contributed by atoms with Gasteiger partial charge in [0, 0.05) is 12.1 Å². The van der Waals surface area contributed by atoms with Crippen LogP contribution in [0.25, 0.3) is 0 Å². The number of halogens is 1. The number of hydrogen-bond donors (Lipinski definition) is 2. The summed E-state index contributed by atoms with van der Waals surface area (Å²) in [5.41, 5.74) is 6.39. The maximum atomic E-state index is 13.6. The number of hydrogen-bond acceptors (Lipinski definition) is 4. The van der Waals surface area contributed by atoms with Crippen molar-refractivity contribution < 1.29 is 14.0 Å². The number of thiocarbonyl (C=S) groups is 1. The Balaban J connectivity index is 2.23. The number of nitrogens with two attached hydrogens (primary N) is 1. The van der Waals surface area contributed by atoms with Crippen LogP contribution in [0.2, 0.25) is 0 Å². The molecule has 0 aliphatic carbocycles. The summed E-state index contributed by atoms with van der Waals surface area (Å²) in [4.78, 5) is 25.0. The second-order valence-electron chi connectivity index (χ2n) is 4.92. The minimum absolute atomic E-state index is 0.0196. The van der Waals surface area contributed by atoms with Gasteiger partial charge < -0.3 is 5.73 Å². The van der Waals surface area contributed by atoms with Gasteiger partial charge in [0.1, 0.15) is 10.8 Å². The number of benzene rings is 1. The van der Waals surface area contributed by atoms with Crippen molar-refractivity contribution >= 4 is 29.0 Å². The standard InChI is InChI=1S/C14H16FN3O2S/c1-2-11-14(20)17-12(19)7-18(11)6-8-3-4-10(15)9(5-8)13(16)21/h3-5,11H,2,6-7H2,1H3,(H2,16,21)(H,17,19,20). The van der Waals surface area contributed by atoms with Crippen LogP contribution in [0.3, 0.4) is 0 Å². The second-order valence-corrected chi connectivity index (χ2v) is 5.36. The Morgan fingerprint density at radius 2 is 2.24 bits per heavy atom. The number of amides is 2. The monoisotopic (exact) mass is 309 g/mol. The molecular formula is C14H16FN3O2S. The Bertz CT molecular complexity index is 606. The van der Waals surface area contributed by atoms with Gasteiger partial charge in [-0.25, -0.2) is 4.39 Å². The lowest BCUT2D eigenvalue weighted by molar-refractivity contribution is -0.140. The lowest BCUT2D eigenvalue weighted by atomic mass is 10.1. The zero-order chi connectivity index (χ0) is 15.6. The van der Waals surface area contributed by atoms with Crippen molar-refractivity contribution in [3.8, 4) is 0 Å². The fourth-order valence-electron chi connectivity index (χ4n) is 2.42. The molecule has 1 saturated heterocycles. The molecule has 1 fully saturated rings. The van der Waals surface area contributed by atoms with E-state index in [0.29, 0.717) is 13.0 Å². The molecule has 0 bridgehead atoms. The molecule has 0 aromatic heterocycles. The largest absolute Gasteiger partial charge is 0.389 e. The van der Waals surface area contributed by atoms with Gasteiger partial charge >= 0.3 is 0 Å². The van der Waals surface area contributed by atoms with Crippen LogP contribution in [0.5, 0.6) is 0 Å². The molecule has 1 aliphatic heterocycles. The molecule has 0 saturated carbocycles. The number of carbonyl (C=O) groups excluding carboxylic acids is 2. The average Bonchev–Trinajstić information content (AvgIpc) is 2.40. The molecule has 0 radical (unpaired) electrons. The summed E-state index contributed by atoms with van der Waals surface area (Å²) >= 11 is 4.80. The maximum Gasteiger partial charge on any atom is 0.243 e. The summed E-state index contributed by atoms with van der Waals surface area (Å²) < 4.78 is 13.6.